The van der Waals surface area contributed by atoms with Crippen LogP contribution in [0.2, 0.25) is 0 Å². The average Bonchev–Trinajstić information content (AvgIpc) is 3.09. The molecule has 1 atom stereocenters. The van der Waals surface area contributed by atoms with E-state index >= 15 is 0 Å². The number of pyridine rings is 1. The molecule has 5 nitrogen and oxygen atoms in total. The lowest BCUT2D eigenvalue weighted by molar-refractivity contribution is -0.123. The van der Waals surface area contributed by atoms with E-state index in [4.69, 9.17) is 0 Å². The summed E-state index contributed by atoms with van der Waals surface area (Å²) in [7, 11) is 0. The number of fused-ring (bicyclic) bond motifs is 1. The Bertz CT molecular complexity index is 558. The minimum absolute atomic E-state index is 0.111. The summed E-state index contributed by atoms with van der Waals surface area (Å²) in [6.07, 6.45) is 3.93. The SMILES string of the molecule is CC(NC(=O)C1CC1)c1nnc2ccccn12. The molecule has 1 saturated carbocycles. The monoisotopic (exact) mass is 230 g/mol. The van der Waals surface area contributed by atoms with Crippen LogP contribution in [0.5, 0.6) is 0 Å². The third kappa shape index (κ3) is 1.88. The number of carbonyl (C=O) groups excluding carboxylic acids is 1. The van der Waals surface area contributed by atoms with Crippen LogP contribution in [0, 0.1) is 5.92 Å². The summed E-state index contributed by atoms with van der Waals surface area (Å²) >= 11 is 0. The van der Waals surface area contributed by atoms with E-state index in [1.54, 1.807) is 0 Å². The van der Waals surface area contributed by atoms with Crippen LogP contribution in [0.4, 0.5) is 0 Å². The maximum Gasteiger partial charge on any atom is 0.223 e. The van der Waals surface area contributed by atoms with Crippen LogP contribution >= 0.6 is 0 Å². The van der Waals surface area contributed by atoms with Crippen molar-refractivity contribution in [1.82, 2.24) is 19.9 Å². The van der Waals surface area contributed by atoms with Gasteiger partial charge in [0.1, 0.15) is 0 Å². The van der Waals surface area contributed by atoms with Crippen molar-refractivity contribution in [2.75, 3.05) is 0 Å². The van der Waals surface area contributed by atoms with E-state index in [9.17, 15) is 4.79 Å². The highest BCUT2D eigenvalue weighted by Gasteiger charge is 2.31. The van der Waals surface area contributed by atoms with Crippen LogP contribution < -0.4 is 5.32 Å². The first-order chi connectivity index (χ1) is 8.25. The molecule has 3 rings (SSSR count). The molecule has 88 valence electrons. The molecular formula is C12H14N4O. The molecule has 0 aromatic carbocycles. The van der Waals surface area contributed by atoms with Gasteiger partial charge in [0.05, 0.1) is 6.04 Å². The van der Waals surface area contributed by atoms with E-state index < -0.39 is 0 Å². The first kappa shape index (κ1) is 10.3. The van der Waals surface area contributed by atoms with Crippen LogP contribution in [-0.4, -0.2) is 20.5 Å². The van der Waals surface area contributed by atoms with Crippen molar-refractivity contribution in [3.8, 4) is 0 Å². The standard InChI is InChI=1S/C12H14N4O/c1-8(13-12(17)9-5-6-9)11-15-14-10-4-2-3-7-16(10)11/h2-4,7-9H,5-6H2,1H3,(H,13,17). The second-order valence-electron chi connectivity index (χ2n) is 4.49. The smallest absolute Gasteiger partial charge is 0.223 e. The highest BCUT2D eigenvalue weighted by Crippen LogP contribution is 2.29. The zero-order valence-electron chi connectivity index (χ0n) is 9.63. The molecule has 0 bridgehead atoms. The predicted octanol–water partition coefficient (Wildman–Crippen LogP) is 1.32. The summed E-state index contributed by atoms with van der Waals surface area (Å²) in [6, 6.07) is 5.63. The van der Waals surface area contributed by atoms with E-state index in [2.05, 4.69) is 15.5 Å². The lowest BCUT2D eigenvalue weighted by atomic mass is 10.3. The molecule has 5 heteroatoms. The number of amides is 1. The molecule has 0 radical (unpaired) electrons. The Morgan fingerprint density at radius 1 is 1.47 bits per heavy atom. The van der Waals surface area contributed by atoms with Crippen LogP contribution in [0.1, 0.15) is 31.6 Å². The molecule has 0 spiro atoms. The fourth-order valence-electron chi connectivity index (χ4n) is 1.90. The quantitative estimate of drug-likeness (QED) is 0.865. The fraction of sp³-hybridized carbons (Fsp3) is 0.417. The number of carbonyl (C=O) groups is 1. The van der Waals surface area contributed by atoms with Gasteiger partial charge in [-0.05, 0) is 31.9 Å². The van der Waals surface area contributed by atoms with Crippen molar-refractivity contribution in [2.24, 2.45) is 5.92 Å². The largest absolute Gasteiger partial charge is 0.346 e. The molecule has 0 saturated heterocycles. The van der Waals surface area contributed by atoms with Gasteiger partial charge in [0.15, 0.2) is 11.5 Å². The van der Waals surface area contributed by atoms with E-state index in [0.717, 1.165) is 24.3 Å². The van der Waals surface area contributed by atoms with Gasteiger partial charge in [0.25, 0.3) is 0 Å². The van der Waals surface area contributed by atoms with Crippen molar-refractivity contribution in [3.63, 3.8) is 0 Å². The summed E-state index contributed by atoms with van der Waals surface area (Å²) in [5.41, 5.74) is 0.801. The number of aromatic nitrogens is 3. The van der Waals surface area contributed by atoms with Gasteiger partial charge >= 0.3 is 0 Å². The normalized spacial score (nSPS) is 17.0. The Labute approximate surface area is 98.9 Å². The fourth-order valence-corrected chi connectivity index (χ4v) is 1.90. The van der Waals surface area contributed by atoms with E-state index in [-0.39, 0.29) is 17.9 Å². The summed E-state index contributed by atoms with van der Waals surface area (Å²) in [5, 5.41) is 11.2. The van der Waals surface area contributed by atoms with E-state index in [0.29, 0.717) is 0 Å². The minimum atomic E-state index is -0.111. The van der Waals surface area contributed by atoms with Gasteiger partial charge in [-0.3, -0.25) is 9.20 Å². The molecule has 0 aliphatic heterocycles. The van der Waals surface area contributed by atoms with E-state index in [1.807, 2.05) is 35.7 Å². The molecule has 1 unspecified atom stereocenters. The first-order valence-electron chi connectivity index (χ1n) is 5.86. The molecule has 2 aromatic heterocycles. The molecule has 17 heavy (non-hydrogen) atoms. The molecule has 1 amide bonds. The number of nitrogens with zero attached hydrogens (tertiary/aromatic N) is 3. The number of rotatable bonds is 3. The van der Waals surface area contributed by atoms with Crippen LogP contribution in [0.3, 0.4) is 0 Å². The number of nitrogens with one attached hydrogen (secondary N) is 1. The Balaban J connectivity index is 1.84. The molecule has 1 aliphatic carbocycles. The van der Waals surface area contributed by atoms with Gasteiger partial charge in [-0.2, -0.15) is 0 Å². The Kier molecular flexibility index (Phi) is 2.31. The average molecular weight is 230 g/mol. The highest BCUT2D eigenvalue weighted by molar-refractivity contribution is 5.81. The molecule has 1 fully saturated rings. The maximum absolute atomic E-state index is 11.7. The van der Waals surface area contributed by atoms with Gasteiger partial charge in [-0.1, -0.05) is 6.07 Å². The Morgan fingerprint density at radius 3 is 3.06 bits per heavy atom. The second-order valence-corrected chi connectivity index (χ2v) is 4.49. The third-order valence-electron chi connectivity index (χ3n) is 3.03. The van der Waals surface area contributed by atoms with Crippen LogP contribution in [0.15, 0.2) is 24.4 Å². The molecule has 1 N–H and O–H groups in total. The summed E-state index contributed by atoms with van der Waals surface area (Å²) in [4.78, 5) is 11.7. The second kappa shape index (κ2) is 3.84. The number of hydrogen-bond donors (Lipinski definition) is 1. The third-order valence-corrected chi connectivity index (χ3v) is 3.03. The Morgan fingerprint density at radius 2 is 2.29 bits per heavy atom. The minimum Gasteiger partial charge on any atom is -0.346 e. The molecule has 2 aromatic rings. The molecular weight excluding hydrogens is 216 g/mol. The molecule has 1 aliphatic rings. The van der Waals surface area contributed by atoms with Crippen LogP contribution in [-0.2, 0) is 4.79 Å². The summed E-state index contributed by atoms with van der Waals surface area (Å²) < 4.78 is 1.90. The van der Waals surface area contributed by atoms with Gasteiger partial charge in [0.2, 0.25) is 5.91 Å². The zero-order valence-corrected chi connectivity index (χ0v) is 9.63. The van der Waals surface area contributed by atoms with Crippen LogP contribution in [0.25, 0.3) is 5.65 Å². The Hall–Kier alpha value is -1.91. The topological polar surface area (TPSA) is 59.3 Å². The number of hydrogen-bond acceptors (Lipinski definition) is 3. The van der Waals surface area contributed by atoms with Crippen molar-refractivity contribution in [2.45, 2.75) is 25.8 Å². The lowest BCUT2D eigenvalue weighted by Crippen LogP contribution is -2.29. The maximum atomic E-state index is 11.7. The van der Waals surface area contributed by atoms with Gasteiger partial charge in [0, 0.05) is 12.1 Å². The van der Waals surface area contributed by atoms with Crippen molar-refractivity contribution >= 4 is 11.6 Å². The summed E-state index contributed by atoms with van der Waals surface area (Å²) in [5.74, 6) is 1.12. The van der Waals surface area contributed by atoms with Crippen molar-refractivity contribution in [1.29, 1.82) is 0 Å². The molecule has 2 heterocycles. The van der Waals surface area contributed by atoms with Gasteiger partial charge in [-0.15, -0.1) is 10.2 Å². The highest BCUT2D eigenvalue weighted by atomic mass is 16.2. The zero-order chi connectivity index (χ0) is 11.8. The van der Waals surface area contributed by atoms with Gasteiger partial charge < -0.3 is 5.32 Å². The van der Waals surface area contributed by atoms with Crippen molar-refractivity contribution in [3.05, 3.63) is 30.2 Å². The first-order valence-corrected chi connectivity index (χ1v) is 5.86. The van der Waals surface area contributed by atoms with Crippen molar-refractivity contribution < 1.29 is 4.79 Å². The predicted molar refractivity (Wildman–Crippen MR) is 62.3 cm³/mol. The van der Waals surface area contributed by atoms with Gasteiger partial charge in [-0.25, -0.2) is 0 Å². The summed E-state index contributed by atoms with van der Waals surface area (Å²) in [6.45, 7) is 1.93. The van der Waals surface area contributed by atoms with E-state index in [1.165, 1.54) is 0 Å². The lowest BCUT2D eigenvalue weighted by Gasteiger charge is -2.11.